The molecule has 3 rings (SSSR count). The minimum Gasteiger partial charge on any atom is -0.374 e. The van der Waals surface area contributed by atoms with Crippen LogP contribution in [-0.4, -0.2) is 41.7 Å². The van der Waals surface area contributed by atoms with Crippen molar-refractivity contribution in [1.29, 1.82) is 0 Å². The van der Waals surface area contributed by atoms with Gasteiger partial charge < -0.3 is 15.0 Å². The number of nitrogens with one attached hydrogen (secondary N) is 1. The molecule has 24 heavy (non-hydrogen) atoms. The molecule has 2 atom stereocenters. The van der Waals surface area contributed by atoms with Gasteiger partial charge in [-0.25, -0.2) is 9.18 Å². The van der Waals surface area contributed by atoms with Crippen LogP contribution in [-0.2, 0) is 4.74 Å². The largest absolute Gasteiger partial charge is 0.374 e. The van der Waals surface area contributed by atoms with Gasteiger partial charge in [-0.1, -0.05) is 19.3 Å². The van der Waals surface area contributed by atoms with Crippen molar-refractivity contribution in [2.45, 2.75) is 51.2 Å². The summed E-state index contributed by atoms with van der Waals surface area (Å²) in [5, 5.41) is 2.89. The maximum atomic E-state index is 13.8. The molecule has 2 amide bonds. The van der Waals surface area contributed by atoms with E-state index in [1.165, 1.54) is 44.5 Å². The maximum absolute atomic E-state index is 13.8. The summed E-state index contributed by atoms with van der Waals surface area (Å²) in [6.07, 6.45) is 9.06. The van der Waals surface area contributed by atoms with E-state index in [1.54, 1.807) is 17.9 Å². The predicted octanol–water partition coefficient (Wildman–Crippen LogP) is 3.27. The number of carbonyl (C=O) groups is 1. The van der Waals surface area contributed by atoms with Gasteiger partial charge in [-0.3, -0.25) is 4.98 Å². The van der Waals surface area contributed by atoms with E-state index in [0.29, 0.717) is 31.2 Å². The summed E-state index contributed by atoms with van der Waals surface area (Å²) in [7, 11) is 0. The Balaban J connectivity index is 1.57. The topological polar surface area (TPSA) is 54.5 Å². The highest BCUT2D eigenvalue weighted by Gasteiger charge is 2.31. The van der Waals surface area contributed by atoms with Gasteiger partial charge in [0.1, 0.15) is 5.82 Å². The molecule has 1 aliphatic carbocycles. The van der Waals surface area contributed by atoms with Crippen molar-refractivity contribution < 1.29 is 13.9 Å². The molecule has 1 aromatic heterocycles. The summed E-state index contributed by atoms with van der Waals surface area (Å²) >= 11 is 0. The number of hydrogen-bond donors (Lipinski definition) is 1. The van der Waals surface area contributed by atoms with Crippen molar-refractivity contribution in [1.82, 2.24) is 15.2 Å². The molecule has 2 fully saturated rings. The number of hydrogen-bond acceptors (Lipinski definition) is 3. The zero-order valence-corrected chi connectivity index (χ0v) is 14.2. The van der Waals surface area contributed by atoms with Crippen LogP contribution in [0.5, 0.6) is 0 Å². The van der Waals surface area contributed by atoms with Gasteiger partial charge in [0.05, 0.1) is 24.9 Å². The van der Waals surface area contributed by atoms with E-state index < -0.39 is 11.9 Å². The third kappa shape index (κ3) is 4.04. The Kier molecular flexibility index (Phi) is 5.66. The van der Waals surface area contributed by atoms with Crippen LogP contribution >= 0.6 is 0 Å². The average molecular weight is 335 g/mol. The molecular weight excluding hydrogens is 309 g/mol. The van der Waals surface area contributed by atoms with Crippen LogP contribution in [0.2, 0.25) is 0 Å². The number of amides is 2. The molecular formula is C18H26FN3O2. The number of nitrogens with zero attached hydrogens (tertiary/aromatic N) is 2. The monoisotopic (exact) mass is 335 g/mol. The molecule has 1 aliphatic heterocycles. The Labute approximate surface area is 142 Å². The Bertz CT molecular complexity index is 563. The van der Waals surface area contributed by atoms with Crippen molar-refractivity contribution in [3.63, 3.8) is 0 Å². The van der Waals surface area contributed by atoms with E-state index in [-0.39, 0.29) is 12.1 Å². The van der Waals surface area contributed by atoms with E-state index in [4.69, 9.17) is 4.74 Å². The fourth-order valence-electron chi connectivity index (χ4n) is 3.74. The molecule has 0 aromatic carbocycles. The van der Waals surface area contributed by atoms with Gasteiger partial charge in [0.15, 0.2) is 0 Å². The average Bonchev–Trinajstić information content (AvgIpc) is 2.63. The van der Waals surface area contributed by atoms with E-state index in [9.17, 15) is 9.18 Å². The van der Waals surface area contributed by atoms with Crippen molar-refractivity contribution in [3.8, 4) is 0 Å². The van der Waals surface area contributed by atoms with Gasteiger partial charge in [0, 0.05) is 24.8 Å². The fraction of sp³-hybridized carbons (Fsp3) is 0.667. The first kappa shape index (κ1) is 17.1. The van der Waals surface area contributed by atoms with Gasteiger partial charge in [-0.2, -0.15) is 0 Å². The van der Waals surface area contributed by atoms with Gasteiger partial charge in [-0.15, -0.1) is 0 Å². The zero-order valence-electron chi connectivity index (χ0n) is 14.2. The smallest absolute Gasteiger partial charge is 0.318 e. The van der Waals surface area contributed by atoms with E-state index in [2.05, 4.69) is 10.3 Å². The normalized spacial score (nSPS) is 23.8. The Hall–Kier alpha value is -1.69. The molecule has 0 unspecified atom stereocenters. The Morgan fingerprint density at radius 3 is 2.96 bits per heavy atom. The Morgan fingerprint density at radius 1 is 1.42 bits per heavy atom. The maximum Gasteiger partial charge on any atom is 0.318 e. The summed E-state index contributed by atoms with van der Waals surface area (Å²) in [5.41, 5.74) is 0.454. The lowest BCUT2D eigenvalue weighted by Crippen LogP contribution is -2.52. The van der Waals surface area contributed by atoms with Crippen LogP contribution in [0.25, 0.3) is 0 Å². The van der Waals surface area contributed by atoms with Crippen molar-refractivity contribution in [3.05, 3.63) is 29.8 Å². The number of pyridine rings is 1. The standard InChI is InChI=1S/C18H26FN3O2/c1-13(15-7-8-20-11-16(15)19)21-18(23)22-9-10-24-17(12-22)14-5-3-2-4-6-14/h7-8,11,13-14,17H,2-6,9-10,12H2,1H3,(H,21,23)/t13-,17+/m1/s1. The van der Waals surface area contributed by atoms with E-state index >= 15 is 0 Å². The molecule has 5 nitrogen and oxygen atoms in total. The van der Waals surface area contributed by atoms with Crippen LogP contribution < -0.4 is 5.32 Å². The number of ether oxygens (including phenoxy) is 1. The van der Waals surface area contributed by atoms with Crippen LogP contribution in [0.1, 0.15) is 50.6 Å². The number of aromatic nitrogens is 1. The number of halogens is 1. The number of rotatable bonds is 3. The Morgan fingerprint density at radius 2 is 2.21 bits per heavy atom. The van der Waals surface area contributed by atoms with Crippen LogP contribution in [0.15, 0.2) is 18.5 Å². The van der Waals surface area contributed by atoms with E-state index in [0.717, 1.165) is 0 Å². The lowest BCUT2D eigenvalue weighted by atomic mass is 9.84. The van der Waals surface area contributed by atoms with Gasteiger partial charge in [0.2, 0.25) is 0 Å². The van der Waals surface area contributed by atoms with Gasteiger partial charge in [-0.05, 0) is 31.7 Å². The second-order valence-electron chi connectivity index (χ2n) is 6.82. The lowest BCUT2D eigenvalue weighted by molar-refractivity contribution is -0.0526. The second-order valence-corrected chi connectivity index (χ2v) is 6.82. The lowest BCUT2D eigenvalue weighted by Gasteiger charge is -2.38. The third-order valence-electron chi connectivity index (χ3n) is 5.17. The minimum absolute atomic E-state index is 0.137. The highest BCUT2D eigenvalue weighted by molar-refractivity contribution is 5.74. The van der Waals surface area contributed by atoms with Crippen LogP contribution in [0.3, 0.4) is 0 Å². The molecule has 1 aromatic rings. The molecule has 0 bridgehead atoms. The number of morpholine rings is 1. The van der Waals surface area contributed by atoms with Gasteiger partial charge in [0.25, 0.3) is 0 Å². The second kappa shape index (κ2) is 7.92. The summed E-state index contributed by atoms with van der Waals surface area (Å²) in [6, 6.07) is 1.06. The quantitative estimate of drug-likeness (QED) is 0.922. The molecule has 0 spiro atoms. The predicted molar refractivity (Wildman–Crippen MR) is 89.0 cm³/mol. The first-order valence-corrected chi connectivity index (χ1v) is 8.91. The molecule has 6 heteroatoms. The number of carbonyl (C=O) groups excluding carboxylic acids is 1. The van der Waals surface area contributed by atoms with Crippen molar-refractivity contribution in [2.75, 3.05) is 19.7 Å². The van der Waals surface area contributed by atoms with E-state index in [1.807, 2.05) is 0 Å². The summed E-state index contributed by atoms with van der Waals surface area (Å²) in [5.74, 6) is 0.164. The molecule has 2 heterocycles. The zero-order chi connectivity index (χ0) is 16.9. The van der Waals surface area contributed by atoms with Crippen LogP contribution in [0.4, 0.5) is 9.18 Å². The highest BCUT2D eigenvalue weighted by atomic mass is 19.1. The first-order chi connectivity index (χ1) is 11.6. The molecule has 132 valence electrons. The van der Waals surface area contributed by atoms with Crippen molar-refractivity contribution in [2.24, 2.45) is 5.92 Å². The minimum atomic E-state index is -0.396. The molecule has 1 N–H and O–H groups in total. The summed E-state index contributed by atoms with van der Waals surface area (Å²) < 4.78 is 19.7. The first-order valence-electron chi connectivity index (χ1n) is 8.91. The fourth-order valence-corrected chi connectivity index (χ4v) is 3.74. The van der Waals surface area contributed by atoms with Crippen molar-refractivity contribution >= 4 is 6.03 Å². The SMILES string of the molecule is C[C@@H](NC(=O)N1CCO[C@H](C2CCCCC2)C1)c1ccncc1F. The van der Waals surface area contributed by atoms with Gasteiger partial charge >= 0.3 is 6.03 Å². The molecule has 0 radical (unpaired) electrons. The third-order valence-corrected chi connectivity index (χ3v) is 5.17. The molecule has 1 saturated heterocycles. The molecule has 1 saturated carbocycles. The summed E-state index contributed by atoms with van der Waals surface area (Å²) in [6.45, 7) is 3.57. The highest BCUT2D eigenvalue weighted by Crippen LogP contribution is 2.29. The van der Waals surface area contributed by atoms with Crippen LogP contribution in [0, 0.1) is 11.7 Å². The number of urea groups is 1. The molecule has 2 aliphatic rings. The summed E-state index contributed by atoms with van der Waals surface area (Å²) in [4.78, 5) is 18.1.